The van der Waals surface area contributed by atoms with Crippen LogP contribution in [0.3, 0.4) is 0 Å². The molecule has 1 N–H and O–H groups in total. The largest absolute Gasteiger partial charge is 0.356 e. The van der Waals surface area contributed by atoms with E-state index in [0.29, 0.717) is 0 Å². The van der Waals surface area contributed by atoms with Gasteiger partial charge >= 0.3 is 0 Å². The fraction of sp³-hybridized carbons (Fsp3) is 0.417. The van der Waals surface area contributed by atoms with Gasteiger partial charge in [0.25, 0.3) is 0 Å². The van der Waals surface area contributed by atoms with Gasteiger partial charge in [0.2, 0.25) is 0 Å². The van der Waals surface area contributed by atoms with Crippen LogP contribution in [-0.2, 0) is 6.54 Å². The molecular formula is C12H16N2. The van der Waals surface area contributed by atoms with Gasteiger partial charge in [-0.25, -0.2) is 0 Å². The second-order valence-corrected chi connectivity index (χ2v) is 3.96. The highest BCUT2D eigenvalue weighted by atomic mass is 15.2. The summed E-state index contributed by atoms with van der Waals surface area (Å²) in [5.41, 5.74) is 2.60. The molecule has 1 heterocycles. The average molecular weight is 188 g/mol. The molecule has 0 amide bonds. The van der Waals surface area contributed by atoms with Crippen LogP contribution in [0.15, 0.2) is 24.3 Å². The zero-order valence-electron chi connectivity index (χ0n) is 8.59. The molecule has 0 saturated carbocycles. The van der Waals surface area contributed by atoms with Crippen molar-refractivity contribution in [1.82, 2.24) is 4.90 Å². The quantitative estimate of drug-likeness (QED) is 0.758. The molecule has 1 saturated heterocycles. The van der Waals surface area contributed by atoms with Gasteiger partial charge < -0.3 is 4.90 Å². The lowest BCUT2D eigenvalue weighted by Crippen LogP contribution is -2.23. The molecule has 1 aliphatic rings. The van der Waals surface area contributed by atoms with Crippen molar-refractivity contribution in [3.8, 4) is 0 Å². The Labute approximate surface area is 85.1 Å². The molecular weight excluding hydrogens is 172 g/mol. The van der Waals surface area contributed by atoms with Gasteiger partial charge in [-0.05, 0) is 18.9 Å². The van der Waals surface area contributed by atoms with Gasteiger partial charge in [0.05, 0.1) is 5.84 Å². The molecule has 14 heavy (non-hydrogen) atoms. The number of benzene rings is 1. The summed E-state index contributed by atoms with van der Waals surface area (Å²) in [6, 6.07) is 8.58. The van der Waals surface area contributed by atoms with Crippen LogP contribution in [0.1, 0.15) is 24.0 Å². The normalized spacial score (nSPS) is 16.4. The van der Waals surface area contributed by atoms with Gasteiger partial charge in [-0.3, -0.25) is 5.41 Å². The molecule has 1 aromatic carbocycles. The van der Waals surface area contributed by atoms with Crippen molar-refractivity contribution in [2.45, 2.75) is 26.3 Å². The summed E-state index contributed by atoms with van der Waals surface area (Å²) >= 11 is 0. The number of nitrogens with one attached hydrogen (secondary N) is 1. The zero-order valence-corrected chi connectivity index (χ0v) is 8.59. The molecule has 0 atom stereocenters. The summed E-state index contributed by atoms with van der Waals surface area (Å²) in [5, 5.41) is 7.72. The Morgan fingerprint density at radius 3 is 2.57 bits per heavy atom. The van der Waals surface area contributed by atoms with Crippen molar-refractivity contribution >= 4 is 5.84 Å². The third-order valence-electron chi connectivity index (χ3n) is 2.72. The minimum absolute atomic E-state index is 0.797. The summed E-state index contributed by atoms with van der Waals surface area (Å²) in [6.45, 7) is 4.05. The lowest BCUT2D eigenvalue weighted by Gasteiger charge is -2.17. The lowest BCUT2D eigenvalue weighted by molar-refractivity contribution is 0.446. The standard InChI is InChI=1S/C12H16N2/c1-10-4-6-11(7-5-10)9-14-8-2-3-12(14)13/h4-7,13H,2-3,8-9H2,1H3. The Morgan fingerprint density at radius 2 is 2.00 bits per heavy atom. The molecule has 2 rings (SSSR count). The van der Waals surface area contributed by atoms with Crippen molar-refractivity contribution in [3.05, 3.63) is 35.4 Å². The van der Waals surface area contributed by atoms with Crippen LogP contribution < -0.4 is 0 Å². The van der Waals surface area contributed by atoms with Gasteiger partial charge in [-0.2, -0.15) is 0 Å². The Balaban J connectivity index is 2.03. The number of amidine groups is 1. The van der Waals surface area contributed by atoms with Crippen molar-refractivity contribution < 1.29 is 0 Å². The number of hydrogen-bond acceptors (Lipinski definition) is 1. The summed E-state index contributed by atoms with van der Waals surface area (Å²) in [5.74, 6) is 0.797. The van der Waals surface area contributed by atoms with Crippen molar-refractivity contribution in [1.29, 1.82) is 5.41 Å². The summed E-state index contributed by atoms with van der Waals surface area (Å²) in [4.78, 5) is 2.16. The van der Waals surface area contributed by atoms with Crippen LogP contribution >= 0.6 is 0 Å². The van der Waals surface area contributed by atoms with E-state index in [1.54, 1.807) is 0 Å². The van der Waals surface area contributed by atoms with Gasteiger partial charge in [-0.15, -0.1) is 0 Å². The second kappa shape index (κ2) is 3.82. The van der Waals surface area contributed by atoms with E-state index in [0.717, 1.165) is 31.8 Å². The van der Waals surface area contributed by atoms with Crippen LogP contribution in [0.2, 0.25) is 0 Å². The predicted octanol–water partition coefficient (Wildman–Crippen LogP) is 2.57. The van der Waals surface area contributed by atoms with Crippen LogP contribution in [0.5, 0.6) is 0 Å². The maximum atomic E-state index is 7.72. The molecule has 2 nitrogen and oxygen atoms in total. The van der Waals surface area contributed by atoms with Crippen molar-refractivity contribution in [2.24, 2.45) is 0 Å². The predicted molar refractivity (Wildman–Crippen MR) is 58.5 cm³/mol. The SMILES string of the molecule is Cc1ccc(CN2CCCC2=N)cc1. The first-order chi connectivity index (χ1) is 6.75. The molecule has 1 aliphatic heterocycles. The van der Waals surface area contributed by atoms with E-state index in [1.165, 1.54) is 11.1 Å². The fourth-order valence-electron chi connectivity index (χ4n) is 1.82. The first-order valence-electron chi connectivity index (χ1n) is 5.13. The summed E-state index contributed by atoms with van der Waals surface area (Å²) < 4.78 is 0. The fourth-order valence-corrected chi connectivity index (χ4v) is 1.82. The maximum Gasteiger partial charge on any atom is 0.0961 e. The van der Waals surface area contributed by atoms with Crippen LogP contribution in [0, 0.1) is 12.3 Å². The highest BCUT2D eigenvalue weighted by molar-refractivity contribution is 5.80. The molecule has 0 radical (unpaired) electrons. The van der Waals surface area contributed by atoms with Gasteiger partial charge in [0, 0.05) is 19.5 Å². The molecule has 0 aliphatic carbocycles. The molecule has 2 heteroatoms. The first-order valence-corrected chi connectivity index (χ1v) is 5.13. The molecule has 0 unspecified atom stereocenters. The summed E-state index contributed by atoms with van der Waals surface area (Å²) in [6.07, 6.45) is 2.09. The van der Waals surface area contributed by atoms with Gasteiger partial charge in [-0.1, -0.05) is 29.8 Å². The Kier molecular flexibility index (Phi) is 2.53. The average Bonchev–Trinajstić information content (AvgIpc) is 2.56. The monoisotopic (exact) mass is 188 g/mol. The topological polar surface area (TPSA) is 27.1 Å². The van der Waals surface area contributed by atoms with Gasteiger partial charge in [0.15, 0.2) is 0 Å². The van der Waals surface area contributed by atoms with E-state index < -0.39 is 0 Å². The summed E-state index contributed by atoms with van der Waals surface area (Å²) in [7, 11) is 0. The Morgan fingerprint density at radius 1 is 1.29 bits per heavy atom. The van der Waals surface area contributed by atoms with Crippen molar-refractivity contribution in [2.75, 3.05) is 6.54 Å². The highest BCUT2D eigenvalue weighted by Crippen LogP contribution is 2.14. The zero-order chi connectivity index (χ0) is 9.97. The highest BCUT2D eigenvalue weighted by Gasteiger charge is 2.16. The minimum atomic E-state index is 0.797. The van der Waals surface area contributed by atoms with E-state index in [2.05, 4.69) is 36.1 Å². The van der Waals surface area contributed by atoms with Crippen LogP contribution in [0.25, 0.3) is 0 Å². The smallest absolute Gasteiger partial charge is 0.0961 e. The molecule has 1 fully saturated rings. The first kappa shape index (κ1) is 9.25. The number of likely N-dealkylation sites (tertiary alicyclic amines) is 1. The molecule has 0 bridgehead atoms. The molecule has 74 valence electrons. The second-order valence-electron chi connectivity index (χ2n) is 3.96. The van der Waals surface area contributed by atoms with Crippen LogP contribution in [0.4, 0.5) is 0 Å². The third-order valence-corrected chi connectivity index (χ3v) is 2.72. The third kappa shape index (κ3) is 1.95. The molecule has 0 spiro atoms. The number of hydrogen-bond donors (Lipinski definition) is 1. The van der Waals surface area contributed by atoms with E-state index in [9.17, 15) is 0 Å². The maximum absolute atomic E-state index is 7.72. The Bertz CT molecular complexity index is 327. The van der Waals surface area contributed by atoms with Gasteiger partial charge in [0.1, 0.15) is 0 Å². The van der Waals surface area contributed by atoms with E-state index in [1.807, 2.05) is 0 Å². The minimum Gasteiger partial charge on any atom is -0.356 e. The Hall–Kier alpha value is -1.31. The van der Waals surface area contributed by atoms with E-state index >= 15 is 0 Å². The van der Waals surface area contributed by atoms with Crippen molar-refractivity contribution in [3.63, 3.8) is 0 Å². The number of nitrogens with zero attached hydrogens (tertiary/aromatic N) is 1. The molecule has 0 aromatic heterocycles. The van der Waals surface area contributed by atoms with E-state index in [4.69, 9.17) is 5.41 Å². The molecule has 1 aromatic rings. The lowest BCUT2D eigenvalue weighted by atomic mass is 10.1. The number of aryl methyl sites for hydroxylation is 1. The van der Waals surface area contributed by atoms with E-state index in [-0.39, 0.29) is 0 Å². The number of rotatable bonds is 2. The van der Waals surface area contributed by atoms with Crippen LogP contribution in [-0.4, -0.2) is 17.3 Å².